The SMILES string of the molecule is Cc1cc(C)cc(Nc2nccc(-c3cc(C(=O)NC4CCCCC4N)n(C)n3)n2)c1.Cl. The quantitative estimate of drug-likeness (QED) is 0.541. The molecule has 4 N–H and O–H groups in total. The number of carbonyl (C=O) groups excluding carboxylic acids is 1. The minimum Gasteiger partial charge on any atom is -0.346 e. The number of rotatable bonds is 5. The first kappa shape index (κ1) is 23.7. The number of aromatic nitrogens is 4. The molecule has 1 amide bonds. The van der Waals surface area contributed by atoms with Crippen molar-refractivity contribution in [1.29, 1.82) is 0 Å². The molecular formula is C23H30ClN7O. The Balaban J connectivity index is 0.00000289. The highest BCUT2D eigenvalue weighted by Crippen LogP contribution is 2.22. The Labute approximate surface area is 194 Å². The number of benzene rings is 1. The van der Waals surface area contributed by atoms with Gasteiger partial charge >= 0.3 is 0 Å². The van der Waals surface area contributed by atoms with Gasteiger partial charge in [-0.15, -0.1) is 12.4 Å². The summed E-state index contributed by atoms with van der Waals surface area (Å²) < 4.78 is 1.58. The fourth-order valence-corrected chi connectivity index (χ4v) is 4.12. The lowest BCUT2D eigenvalue weighted by atomic mass is 9.91. The first-order valence-corrected chi connectivity index (χ1v) is 10.7. The number of carbonyl (C=O) groups is 1. The van der Waals surface area contributed by atoms with Crippen LogP contribution in [-0.4, -0.2) is 37.7 Å². The van der Waals surface area contributed by atoms with Crippen LogP contribution in [0.3, 0.4) is 0 Å². The van der Waals surface area contributed by atoms with Crippen LogP contribution in [0.2, 0.25) is 0 Å². The molecule has 1 fully saturated rings. The Bertz CT molecular complexity index is 1080. The highest BCUT2D eigenvalue weighted by molar-refractivity contribution is 5.93. The second kappa shape index (κ2) is 10.1. The molecule has 3 aromatic rings. The topological polar surface area (TPSA) is 111 Å². The van der Waals surface area contributed by atoms with Gasteiger partial charge in [0.05, 0.1) is 5.69 Å². The maximum atomic E-state index is 12.8. The molecule has 0 saturated heterocycles. The summed E-state index contributed by atoms with van der Waals surface area (Å²) in [5, 5.41) is 10.8. The Hall–Kier alpha value is -2.97. The van der Waals surface area contributed by atoms with E-state index >= 15 is 0 Å². The first-order chi connectivity index (χ1) is 14.9. The smallest absolute Gasteiger partial charge is 0.269 e. The lowest BCUT2D eigenvalue weighted by Crippen LogP contribution is -2.49. The van der Waals surface area contributed by atoms with E-state index in [0.717, 1.165) is 42.5 Å². The molecule has 32 heavy (non-hydrogen) atoms. The van der Waals surface area contributed by atoms with Crippen LogP contribution < -0.4 is 16.4 Å². The van der Waals surface area contributed by atoms with Crippen molar-refractivity contribution in [3.8, 4) is 11.4 Å². The van der Waals surface area contributed by atoms with Crippen molar-refractivity contribution in [3.05, 3.63) is 53.3 Å². The van der Waals surface area contributed by atoms with Gasteiger partial charge in [-0.3, -0.25) is 9.48 Å². The Kier molecular flexibility index (Phi) is 7.48. The van der Waals surface area contributed by atoms with Crippen LogP contribution in [0.15, 0.2) is 36.5 Å². The molecule has 2 atom stereocenters. The van der Waals surface area contributed by atoms with Crippen molar-refractivity contribution in [2.24, 2.45) is 12.8 Å². The third-order valence-electron chi connectivity index (χ3n) is 5.64. The average Bonchev–Trinajstić information content (AvgIpc) is 3.11. The lowest BCUT2D eigenvalue weighted by Gasteiger charge is -2.29. The Morgan fingerprint density at radius 2 is 1.81 bits per heavy atom. The highest BCUT2D eigenvalue weighted by atomic mass is 35.5. The second-order valence-electron chi connectivity index (χ2n) is 8.33. The number of nitrogens with one attached hydrogen (secondary N) is 2. The van der Waals surface area contributed by atoms with E-state index in [1.165, 1.54) is 0 Å². The molecule has 2 unspecified atom stereocenters. The summed E-state index contributed by atoms with van der Waals surface area (Å²) in [5.41, 5.74) is 11.2. The summed E-state index contributed by atoms with van der Waals surface area (Å²) in [4.78, 5) is 21.7. The zero-order valence-corrected chi connectivity index (χ0v) is 19.4. The average molecular weight is 456 g/mol. The van der Waals surface area contributed by atoms with Crippen molar-refractivity contribution >= 4 is 29.9 Å². The number of nitrogens with two attached hydrogens (primary N) is 1. The van der Waals surface area contributed by atoms with Crippen LogP contribution in [0, 0.1) is 13.8 Å². The number of aryl methyl sites for hydroxylation is 3. The molecule has 0 spiro atoms. The first-order valence-electron chi connectivity index (χ1n) is 10.7. The lowest BCUT2D eigenvalue weighted by molar-refractivity contribution is 0.0911. The minimum atomic E-state index is -0.161. The zero-order chi connectivity index (χ0) is 22.0. The third kappa shape index (κ3) is 5.44. The van der Waals surface area contributed by atoms with Gasteiger partial charge in [-0.05, 0) is 62.1 Å². The van der Waals surface area contributed by atoms with E-state index in [0.29, 0.717) is 23.0 Å². The number of nitrogens with zero attached hydrogens (tertiary/aromatic N) is 4. The normalized spacial score (nSPS) is 18.0. The Morgan fingerprint density at radius 1 is 1.09 bits per heavy atom. The molecule has 0 radical (unpaired) electrons. The number of anilines is 2. The Morgan fingerprint density at radius 3 is 2.53 bits per heavy atom. The standard InChI is InChI=1S/C23H29N7O.ClH/c1-14-10-15(2)12-16(11-14)26-23-25-9-8-19(28-23)20-13-21(30(3)29-20)22(31)27-18-7-5-4-6-17(18)24;/h8-13,17-18H,4-7,24H2,1-3H3,(H,27,31)(H,25,26,28);1H. The van der Waals surface area contributed by atoms with E-state index < -0.39 is 0 Å². The monoisotopic (exact) mass is 455 g/mol. The molecule has 9 heteroatoms. The van der Waals surface area contributed by atoms with E-state index in [2.05, 4.69) is 45.6 Å². The molecule has 0 aliphatic heterocycles. The summed E-state index contributed by atoms with van der Waals surface area (Å²) in [6, 6.07) is 9.76. The largest absolute Gasteiger partial charge is 0.346 e. The van der Waals surface area contributed by atoms with Gasteiger partial charge in [-0.1, -0.05) is 18.9 Å². The maximum absolute atomic E-state index is 12.8. The second-order valence-corrected chi connectivity index (χ2v) is 8.33. The van der Waals surface area contributed by atoms with Gasteiger partial charge in [0.2, 0.25) is 5.95 Å². The van der Waals surface area contributed by atoms with Gasteiger partial charge in [-0.25, -0.2) is 9.97 Å². The van der Waals surface area contributed by atoms with Crippen molar-refractivity contribution in [2.75, 3.05) is 5.32 Å². The van der Waals surface area contributed by atoms with E-state index in [9.17, 15) is 4.79 Å². The molecule has 2 heterocycles. The van der Waals surface area contributed by atoms with E-state index in [1.807, 2.05) is 12.1 Å². The van der Waals surface area contributed by atoms with Gasteiger partial charge in [0, 0.05) is 31.0 Å². The fraction of sp³-hybridized carbons (Fsp3) is 0.391. The van der Waals surface area contributed by atoms with Crippen LogP contribution in [0.25, 0.3) is 11.4 Å². The van der Waals surface area contributed by atoms with Crippen molar-refractivity contribution in [2.45, 2.75) is 51.6 Å². The van der Waals surface area contributed by atoms with E-state index in [4.69, 9.17) is 5.73 Å². The maximum Gasteiger partial charge on any atom is 0.269 e. The van der Waals surface area contributed by atoms with Crippen molar-refractivity contribution in [3.63, 3.8) is 0 Å². The zero-order valence-electron chi connectivity index (χ0n) is 18.6. The molecule has 1 saturated carbocycles. The van der Waals surface area contributed by atoms with Gasteiger partial charge in [0.15, 0.2) is 0 Å². The molecule has 1 aliphatic rings. The molecule has 4 rings (SSSR count). The number of amides is 1. The van der Waals surface area contributed by atoms with Gasteiger partial charge < -0.3 is 16.4 Å². The van der Waals surface area contributed by atoms with Gasteiger partial charge in [0.1, 0.15) is 11.4 Å². The van der Waals surface area contributed by atoms with Crippen LogP contribution >= 0.6 is 12.4 Å². The van der Waals surface area contributed by atoms with Crippen LogP contribution in [-0.2, 0) is 7.05 Å². The molecular weight excluding hydrogens is 426 g/mol. The van der Waals surface area contributed by atoms with Crippen molar-refractivity contribution in [1.82, 2.24) is 25.1 Å². The number of hydrogen-bond acceptors (Lipinski definition) is 6. The number of hydrogen-bond donors (Lipinski definition) is 3. The van der Waals surface area contributed by atoms with Crippen molar-refractivity contribution < 1.29 is 4.79 Å². The molecule has 170 valence electrons. The fourth-order valence-electron chi connectivity index (χ4n) is 4.12. The van der Waals surface area contributed by atoms with Crippen LogP contribution in [0.5, 0.6) is 0 Å². The van der Waals surface area contributed by atoms with Crippen LogP contribution in [0.1, 0.15) is 47.3 Å². The molecule has 1 aliphatic carbocycles. The molecule has 1 aromatic carbocycles. The van der Waals surface area contributed by atoms with Gasteiger partial charge in [-0.2, -0.15) is 5.10 Å². The highest BCUT2D eigenvalue weighted by Gasteiger charge is 2.25. The third-order valence-corrected chi connectivity index (χ3v) is 5.64. The molecule has 8 nitrogen and oxygen atoms in total. The summed E-state index contributed by atoms with van der Waals surface area (Å²) in [6.45, 7) is 4.10. The summed E-state index contributed by atoms with van der Waals surface area (Å²) in [5.74, 6) is 0.318. The minimum absolute atomic E-state index is 0. The predicted octanol–water partition coefficient (Wildman–Crippen LogP) is 3.66. The van der Waals surface area contributed by atoms with Crippen LogP contribution in [0.4, 0.5) is 11.6 Å². The summed E-state index contributed by atoms with van der Waals surface area (Å²) in [7, 11) is 1.76. The summed E-state index contributed by atoms with van der Waals surface area (Å²) >= 11 is 0. The van der Waals surface area contributed by atoms with Gasteiger partial charge in [0.25, 0.3) is 5.91 Å². The molecule has 0 bridgehead atoms. The number of halogens is 1. The molecule has 2 aromatic heterocycles. The van der Waals surface area contributed by atoms with E-state index in [-0.39, 0.29) is 30.4 Å². The van der Waals surface area contributed by atoms with E-state index in [1.54, 1.807) is 30.1 Å². The predicted molar refractivity (Wildman–Crippen MR) is 128 cm³/mol. The summed E-state index contributed by atoms with van der Waals surface area (Å²) in [6.07, 6.45) is 5.75.